The molecule has 4 rings (SSSR count). The largest absolute Gasteiger partial charge is 0.513 e. The van der Waals surface area contributed by atoms with Gasteiger partial charge in [0.05, 0.1) is 17.7 Å². The van der Waals surface area contributed by atoms with Crippen LogP contribution in [0.4, 0.5) is 4.79 Å². The topological polar surface area (TPSA) is 132 Å². The molecule has 1 fully saturated rings. The molecule has 0 unspecified atom stereocenters. The number of methoxy groups -OCH3 is 1. The second-order valence-electron chi connectivity index (χ2n) is 9.22. The highest BCUT2D eigenvalue weighted by Gasteiger charge is 2.36. The third kappa shape index (κ3) is 6.43. The van der Waals surface area contributed by atoms with Gasteiger partial charge in [0.2, 0.25) is 0 Å². The normalized spacial score (nSPS) is 15.2. The van der Waals surface area contributed by atoms with Crippen molar-refractivity contribution in [3.63, 3.8) is 0 Å². The molecule has 0 saturated carbocycles. The maximum Gasteiger partial charge on any atom is 0.513 e. The van der Waals surface area contributed by atoms with Crippen molar-refractivity contribution in [2.24, 2.45) is 0 Å². The second-order valence-corrected chi connectivity index (χ2v) is 9.22. The smallest absolute Gasteiger partial charge is 0.434 e. The summed E-state index contributed by atoms with van der Waals surface area (Å²) < 4.78 is 14.7. The molecule has 0 radical (unpaired) electrons. The highest BCUT2D eigenvalue weighted by molar-refractivity contribution is 6.22. The summed E-state index contributed by atoms with van der Waals surface area (Å²) >= 11 is 0. The summed E-state index contributed by atoms with van der Waals surface area (Å²) in [4.78, 5) is 65.5. The lowest BCUT2D eigenvalue weighted by molar-refractivity contribution is 0.0636. The lowest BCUT2D eigenvalue weighted by Gasteiger charge is -2.32. The van der Waals surface area contributed by atoms with Crippen molar-refractivity contribution < 1.29 is 38.2 Å². The predicted octanol–water partition coefficient (Wildman–Crippen LogP) is 2.89. The highest BCUT2D eigenvalue weighted by atomic mass is 16.7. The number of piperidine rings is 1. The van der Waals surface area contributed by atoms with Crippen LogP contribution in [0.3, 0.4) is 0 Å². The number of benzene rings is 2. The summed E-state index contributed by atoms with van der Waals surface area (Å²) in [5, 5.41) is 2.98. The Balaban J connectivity index is 1.29. The Kier molecular flexibility index (Phi) is 8.92. The van der Waals surface area contributed by atoms with Crippen LogP contribution in [-0.4, -0.2) is 85.6 Å². The zero-order valence-corrected chi connectivity index (χ0v) is 21.9. The summed E-state index contributed by atoms with van der Waals surface area (Å²) in [5.41, 5.74) is 1.31. The molecule has 11 nitrogen and oxygen atoms in total. The first-order chi connectivity index (χ1) is 18.8. The third-order valence-corrected chi connectivity index (χ3v) is 6.65. The fraction of sp³-hybridized carbons (Fsp3) is 0.393. The molecule has 0 spiro atoms. The number of likely N-dealkylation sites (tertiary alicyclic amines) is 1. The van der Waals surface area contributed by atoms with E-state index in [0.29, 0.717) is 55.6 Å². The van der Waals surface area contributed by atoms with Crippen molar-refractivity contribution in [1.29, 1.82) is 0 Å². The first-order valence-electron chi connectivity index (χ1n) is 12.9. The molecule has 11 heteroatoms. The maximum atomic E-state index is 13.1. The van der Waals surface area contributed by atoms with Gasteiger partial charge in [-0.2, -0.15) is 0 Å². The van der Waals surface area contributed by atoms with E-state index in [2.05, 4.69) is 5.32 Å². The number of carbonyl (C=O) groups excluding carboxylic acids is 5. The summed E-state index contributed by atoms with van der Waals surface area (Å²) in [6.07, 6.45) is 0.860. The number of ether oxygens (including phenoxy) is 3. The van der Waals surface area contributed by atoms with E-state index in [4.69, 9.17) is 14.2 Å². The molecule has 2 aliphatic rings. The Hall–Kier alpha value is -4.25. The van der Waals surface area contributed by atoms with E-state index in [-0.39, 0.29) is 48.2 Å². The minimum atomic E-state index is -0.809. The fourth-order valence-electron chi connectivity index (χ4n) is 4.59. The van der Waals surface area contributed by atoms with Gasteiger partial charge < -0.3 is 24.4 Å². The molecule has 1 N–H and O–H groups in total. The number of imide groups is 1. The second kappa shape index (κ2) is 12.5. The predicted molar refractivity (Wildman–Crippen MR) is 139 cm³/mol. The zero-order valence-electron chi connectivity index (χ0n) is 21.9. The van der Waals surface area contributed by atoms with Crippen molar-refractivity contribution >= 4 is 29.8 Å². The summed E-state index contributed by atoms with van der Waals surface area (Å²) in [6.45, 7) is 3.44. The van der Waals surface area contributed by atoms with Crippen LogP contribution < -0.4 is 10.1 Å². The summed E-state index contributed by atoms with van der Waals surface area (Å²) in [5.74, 6) is -0.976. The summed E-state index contributed by atoms with van der Waals surface area (Å²) in [7, 11) is 1.56. The molecule has 0 aromatic heterocycles. The van der Waals surface area contributed by atoms with Gasteiger partial charge in [0.25, 0.3) is 23.6 Å². The molecule has 2 aromatic rings. The molecule has 0 bridgehead atoms. The van der Waals surface area contributed by atoms with Gasteiger partial charge in [-0.05, 0) is 68.7 Å². The van der Waals surface area contributed by atoms with Gasteiger partial charge in [-0.3, -0.25) is 24.1 Å². The maximum absolute atomic E-state index is 13.1. The lowest BCUT2D eigenvalue weighted by Crippen LogP contribution is -2.46. The molecular formula is C28H31N3O8. The van der Waals surface area contributed by atoms with E-state index < -0.39 is 12.1 Å². The van der Waals surface area contributed by atoms with Crippen LogP contribution >= 0.6 is 0 Å². The van der Waals surface area contributed by atoms with E-state index in [1.165, 1.54) is 29.2 Å². The number of rotatable bonds is 9. The van der Waals surface area contributed by atoms with Gasteiger partial charge in [-0.25, -0.2) is 4.79 Å². The van der Waals surface area contributed by atoms with Gasteiger partial charge in [-0.1, -0.05) is 0 Å². The molecule has 39 heavy (non-hydrogen) atoms. The zero-order chi connectivity index (χ0) is 27.9. The van der Waals surface area contributed by atoms with E-state index in [0.717, 1.165) is 0 Å². The number of carbonyl (C=O) groups is 5. The number of fused-ring (bicyclic) bond motifs is 1. The Morgan fingerprint density at radius 2 is 1.62 bits per heavy atom. The van der Waals surface area contributed by atoms with E-state index in [1.54, 1.807) is 37.1 Å². The molecule has 1 saturated heterocycles. The Morgan fingerprint density at radius 1 is 0.949 bits per heavy atom. The van der Waals surface area contributed by atoms with Crippen molar-refractivity contribution in [3.8, 4) is 5.75 Å². The number of nitrogens with one attached hydrogen (secondary N) is 1. The minimum Gasteiger partial charge on any atom is -0.434 e. The van der Waals surface area contributed by atoms with E-state index in [9.17, 15) is 24.0 Å². The van der Waals surface area contributed by atoms with Gasteiger partial charge in [0.1, 0.15) is 5.75 Å². The Bertz CT molecular complexity index is 1250. The molecule has 0 atom stereocenters. The van der Waals surface area contributed by atoms with Crippen molar-refractivity contribution in [1.82, 2.24) is 15.1 Å². The van der Waals surface area contributed by atoms with Crippen molar-refractivity contribution in [3.05, 3.63) is 64.7 Å². The van der Waals surface area contributed by atoms with E-state index in [1.807, 2.05) is 0 Å². The van der Waals surface area contributed by atoms with Crippen LogP contribution in [-0.2, 0) is 9.47 Å². The van der Waals surface area contributed by atoms with Crippen LogP contribution in [0.2, 0.25) is 0 Å². The van der Waals surface area contributed by atoms with Crippen LogP contribution in [0.1, 0.15) is 67.6 Å². The third-order valence-electron chi connectivity index (χ3n) is 6.65. The van der Waals surface area contributed by atoms with Gasteiger partial charge >= 0.3 is 6.16 Å². The first-order valence-corrected chi connectivity index (χ1v) is 12.9. The SMILES string of the molecule is CCOC(=O)Oc1ccc(C(=O)NC2CCN(C(=O)c3ccc4c(c3)C(=O)N(CCCOC)C4=O)CC2)cc1. The van der Waals surface area contributed by atoms with Gasteiger partial charge in [0, 0.05) is 50.5 Å². The summed E-state index contributed by atoms with van der Waals surface area (Å²) in [6, 6.07) is 10.6. The first kappa shape index (κ1) is 27.8. The molecule has 206 valence electrons. The van der Waals surface area contributed by atoms with Crippen LogP contribution in [0.25, 0.3) is 0 Å². The van der Waals surface area contributed by atoms with Crippen molar-refractivity contribution in [2.45, 2.75) is 32.2 Å². The van der Waals surface area contributed by atoms with Crippen LogP contribution in [0.15, 0.2) is 42.5 Å². The van der Waals surface area contributed by atoms with E-state index >= 15 is 0 Å². The Labute approximate surface area is 226 Å². The number of amides is 4. The van der Waals surface area contributed by atoms with Crippen LogP contribution in [0, 0.1) is 0 Å². The quantitative estimate of drug-likeness (QED) is 0.224. The fourth-order valence-corrected chi connectivity index (χ4v) is 4.59. The lowest BCUT2D eigenvalue weighted by atomic mass is 10.0. The number of hydrogen-bond donors (Lipinski definition) is 1. The molecular weight excluding hydrogens is 506 g/mol. The van der Waals surface area contributed by atoms with Gasteiger partial charge in [-0.15, -0.1) is 0 Å². The standard InChI is InChI=1S/C28H31N3O8/c1-3-38-28(36)39-21-8-5-18(6-9-21)24(32)29-20-11-14-30(15-12-20)25(33)19-7-10-22-23(17-19)27(35)31(26(22)34)13-4-16-37-2/h5-10,17,20H,3-4,11-16H2,1-2H3,(H,29,32). The minimum absolute atomic E-state index is 0.114. The highest BCUT2D eigenvalue weighted by Crippen LogP contribution is 2.25. The van der Waals surface area contributed by atoms with Gasteiger partial charge in [0.15, 0.2) is 0 Å². The van der Waals surface area contributed by atoms with Crippen molar-refractivity contribution in [2.75, 3.05) is 40.0 Å². The number of hydrogen-bond acceptors (Lipinski definition) is 8. The number of nitrogens with zero attached hydrogens (tertiary/aromatic N) is 2. The molecule has 2 heterocycles. The molecule has 2 aliphatic heterocycles. The molecule has 0 aliphatic carbocycles. The average molecular weight is 538 g/mol. The molecule has 4 amide bonds. The average Bonchev–Trinajstić information content (AvgIpc) is 3.18. The molecule has 2 aromatic carbocycles. The van der Waals surface area contributed by atoms with Crippen LogP contribution in [0.5, 0.6) is 5.75 Å². The Morgan fingerprint density at radius 3 is 2.28 bits per heavy atom. The monoisotopic (exact) mass is 537 g/mol.